The fraction of sp³-hybridized carbons (Fsp3) is 0.400. The molecule has 0 saturated carbocycles. The van der Waals surface area contributed by atoms with E-state index in [4.69, 9.17) is 9.26 Å². The van der Waals surface area contributed by atoms with Gasteiger partial charge in [-0.15, -0.1) is 0 Å². The molecule has 2 aromatic heterocycles. The SMILES string of the molecule is COCCc1noc(CN(C)C(=O)Nc2nn([C@@H](C)c3ccccc3)cc2C)n1. The van der Waals surface area contributed by atoms with Crippen molar-refractivity contribution in [3.05, 3.63) is 59.4 Å². The number of carbonyl (C=O) groups excluding carboxylic acids is 1. The van der Waals surface area contributed by atoms with Crippen molar-refractivity contribution in [2.24, 2.45) is 0 Å². The van der Waals surface area contributed by atoms with Gasteiger partial charge in [0, 0.05) is 32.3 Å². The number of ether oxygens (including phenoxy) is 1. The fourth-order valence-electron chi connectivity index (χ4n) is 2.81. The minimum Gasteiger partial charge on any atom is -0.384 e. The van der Waals surface area contributed by atoms with Crippen LogP contribution in [0.3, 0.4) is 0 Å². The fourth-order valence-corrected chi connectivity index (χ4v) is 2.81. The Bertz CT molecular complexity index is 937. The van der Waals surface area contributed by atoms with Crippen LogP contribution in [0.1, 0.15) is 35.8 Å². The molecular weight excluding hydrogens is 372 g/mol. The van der Waals surface area contributed by atoms with Gasteiger partial charge in [-0.3, -0.25) is 10.00 Å². The minimum atomic E-state index is -0.303. The van der Waals surface area contributed by atoms with Gasteiger partial charge in [-0.05, 0) is 19.4 Å². The van der Waals surface area contributed by atoms with Gasteiger partial charge in [-0.2, -0.15) is 10.1 Å². The smallest absolute Gasteiger partial charge is 0.323 e. The Hall–Kier alpha value is -3.20. The zero-order valence-electron chi connectivity index (χ0n) is 17.1. The average Bonchev–Trinajstić information content (AvgIpc) is 3.32. The van der Waals surface area contributed by atoms with Crippen LogP contribution in [0.2, 0.25) is 0 Å². The number of aryl methyl sites for hydroxylation is 1. The third-order valence-electron chi connectivity index (χ3n) is 4.58. The van der Waals surface area contributed by atoms with E-state index in [1.165, 1.54) is 4.90 Å². The topological polar surface area (TPSA) is 98.3 Å². The molecule has 0 unspecified atom stereocenters. The highest BCUT2D eigenvalue weighted by Crippen LogP contribution is 2.21. The van der Waals surface area contributed by atoms with Crippen LogP contribution in [0.5, 0.6) is 0 Å². The molecule has 1 aromatic carbocycles. The minimum absolute atomic E-state index is 0.0576. The predicted molar refractivity (Wildman–Crippen MR) is 108 cm³/mol. The second kappa shape index (κ2) is 9.33. The first-order chi connectivity index (χ1) is 14.0. The van der Waals surface area contributed by atoms with Crippen LogP contribution >= 0.6 is 0 Å². The zero-order chi connectivity index (χ0) is 20.8. The van der Waals surface area contributed by atoms with E-state index in [9.17, 15) is 4.79 Å². The summed E-state index contributed by atoms with van der Waals surface area (Å²) in [6.45, 7) is 4.69. The number of anilines is 1. The Morgan fingerprint density at radius 2 is 2.10 bits per heavy atom. The summed E-state index contributed by atoms with van der Waals surface area (Å²) in [7, 11) is 3.27. The summed E-state index contributed by atoms with van der Waals surface area (Å²) in [4.78, 5) is 18.3. The van der Waals surface area contributed by atoms with Crippen LogP contribution in [-0.2, 0) is 17.7 Å². The first kappa shape index (κ1) is 20.5. The van der Waals surface area contributed by atoms with Crippen molar-refractivity contribution in [1.82, 2.24) is 24.8 Å². The van der Waals surface area contributed by atoms with Crippen LogP contribution < -0.4 is 5.32 Å². The van der Waals surface area contributed by atoms with Crippen LogP contribution in [0, 0.1) is 6.92 Å². The monoisotopic (exact) mass is 398 g/mol. The number of nitrogens with one attached hydrogen (secondary N) is 1. The summed E-state index contributed by atoms with van der Waals surface area (Å²) in [5.41, 5.74) is 2.03. The summed E-state index contributed by atoms with van der Waals surface area (Å²) >= 11 is 0. The maximum absolute atomic E-state index is 12.6. The van der Waals surface area contributed by atoms with E-state index in [0.717, 1.165) is 11.1 Å². The van der Waals surface area contributed by atoms with Crippen molar-refractivity contribution >= 4 is 11.8 Å². The van der Waals surface area contributed by atoms with E-state index in [1.807, 2.05) is 36.0 Å². The number of carbonyl (C=O) groups is 1. The average molecular weight is 398 g/mol. The van der Waals surface area contributed by atoms with Gasteiger partial charge in [0.1, 0.15) is 6.54 Å². The molecule has 9 nitrogen and oxygen atoms in total. The molecule has 0 radical (unpaired) electrons. The molecule has 0 bridgehead atoms. The van der Waals surface area contributed by atoms with Crippen molar-refractivity contribution in [1.29, 1.82) is 0 Å². The van der Waals surface area contributed by atoms with Crippen molar-refractivity contribution in [2.45, 2.75) is 32.9 Å². The van der Waals surface area contributed by atoms with E-state index in [-0.39, 0.29) is 18.6 Å². The number of nitrogens with zero attached hydrogens (tertiary/aromatic N) is 5. The first-order valence-electron chi connectivity index (χ1n) is 9.41. The molecule has 0 aliphatic carbocycles. The molecule has 29 heavy (non-hydrogen) atoms. The maximum Gasteiger partial charge on any atom is 0.323 e. The Morgan fingerprint density at radius 3 is 2.83 bits per heavy atom. The van der Waals surface area contributed by atoms with Gasteiger partial charge < -0.3 is 14.2 Å². The number of aromatic nitrogens is 4. The highest BCUT2D eigenvalue weighted by molar-refractivity contribution is 5.88. The maximum atomic E-state index is 12.6. The van der Waals surface area contributed by atoms with Gasteiger partial charge >= 0.3 is 6.03 Å². The largest absolute Gasteiger partial charge is 0.384 e. The quantitative estimate of drug-likeness (QED) is 0.626. The van der Waals surface area contributed by atoms with E-state index >= 15 is 0 Å². The lowest BCUT2D eigenvalue weighted by Gasteiger charge is -2.15. The molecule has 0 fully saturated rings. The number of hydrogen-bond donors (Lipinski definition) is 1. The van der Waals surface area contributed by atoms with Gasteiger partial charge in [0.25, 0.3) is 0 Å². The molecule has 0 aliphatic heterocycles. The number of amides is 2. The van der Waals surface area contributed by atoms with Gasteiger partial charge in [-0.1, -0.05) is 35.5 Å². The Balaban J connectivity index is 1.61. The molecule has 0 saturated heterocycles. The van der Waals surface area contributed by atoms with Crippen molar-refractivity contribution < 1.29 is 14.1 Å². The van der Waals surface area contributed by atoms with Gasteiger partial charge in [0.2, 0.25) is 5.89 Å². The second-order valence-electron chi connectivity index (χ2n) is 6.86. The molecular formula is C20H26N6O3. The number of methoxy groups -OCH3 is 1. The predicted octanol–water partition coefficient (Wildman–Crippen LogP) is 3.04. The summed E-state index contributed by atoms with van der Waals surface area (Å²) in [6.07, 6.45) is 2.49. The summed E-state index contributed by atoms with van der Waals surface area (Å²) < 4.78 is 12.0. The molecule has 1 N–H and O–H groups in total. The van der Waals surface area contributed by atoms with E-state index < -0.39 is 0 Å². The Morgan fingerprint density at radius 1 is 1.34 bits per heavy atom. The van der Waals surface area contributed by atoms with E-state index in [0.29, 0.717) is 30.6 Å². The van der Waals surface area contributed by atoms with Crippen LogP contribution in [0.15, 0.2) is 41.1 Å². The van der Waals surface area contributed by atoms with Gasteiger partial charge in [0.15, 0.2) is 11.6 Å². The molecule has 9 heteroatoms. The van der Waals surface area contributed by atoms with Crippen LogP contribution in [-0.4, -0.2) is 51.6 Å². The number of urea groups is 1. The molecule has 154 valence electrons. The standard InChI is InChI=1S/C20H26N6O3/c1-14-12-26(15(2)16-8-6-5-7-9-16)23-19(14)22-20(27)25(3)13-18-21-17(24-29-18)10-11-28-4/h5-9,12,15H,10-11,13H2,1-4H3,(H,22,23,27)/t15-/m0/s1. The number of rotatable bonds is 8. The first-order valence-corrected chi connectivity index (χ1v) is 9.41. The molecule has 3 rings (SSSR count). The van der Waals surface area contributed by atoms with Crippen molar-refractivity contribution in [2.75, 3.05) is 26.1 Å². The molecule has 3 aromatic rings. The normalized spacial score (nSPS) is 12.0. The highest BCUT2D eigenvalue weighted by Gasteiger charge is 2.18. The molecule has 1 atom stereocenters. The zero-order valence-corrected chi connectivity index (χ0v) is 17.1. The Labute approximate surface area is 169 Å². The lowest BCUT2D eigenvalue weighted by molar-refractivity contribution is 0.199. The summed E-state index contributed by atoms with van der Waals surface area (Å²) in [6, 6.07) is 9.84. The third kappa shape index (κ3) is 5.20. The summed E-state index contributed by atoms with van der Waals surface area (Å²) in [5, 5.41) is 11.3. The summed E-state index contributed by atoms with van der Waals surface area (Å²) in [5.74, 6) is 1.45. The third-order valence-corrected chi connectivity index (χ3v) is 4.58. The Kier molecular flexibility index (Phi) is 6.61. The molecule has 0 spiro atoms. The highest BCUT2D eigenvalue weighted by atomic mass is 16.5. The lowest BCUT2D eigenvalue weighted by Crippen LogP contribution is -2.31. The number of benzene rings is 1. The molecule has 2 amide bonds. The van der Waals surface area contributed by atoms with Crippen LogP contribution in [0.25, 0.3) is 0 Å². The molecule has 2 heterocycles. The second-order valence-corrected chi connectivity index (χ2v) is 6.86. The number of hydrogen-bond acceptors (Lipinski definition) is 6. The van der Waals surface area contributed by atoms with E-state index in [1.54, 1.807) is 14.2 Å². The van der Waals surface area contributed by atoms with Crippen molar-refractivity contribution in [3.8, 4) is 0 Å². The van der Waals surface area contributed by atoms with Gasteiger partial charge in [0.05, 0.1) is 12.6 Å². The van der Waals surface area contributed by atoms with Gasteiger partial charge in [-0.25, -0.2) is 4.79 Å². The molecule has 0 aliphatic rings. The van der Waals surface area contributed by atoms with Crippen LogP contribution in [0.4, 0.5) is 10.6 Å². The van der Waals surface area contributed by atoms with E-state index in [2.05, 4.69) is 39.6 Å². The van der Waals surface area contributed by atoms with Crippen molar-refractivity contribution in [3.63, 3.8) is 0 Å². The lowest BCUT2D eigenvalue weighted by atomic mass is 10.1.